The number of thiazole rings is 1. The van der Waals surface area contributed by atoms with E-state index in [2.05, 4.69) is 26.2 Å². The van der Waals surface area contributed by atoms with Crippen molar-refractivity contribution in [3.8, 4) is 0 Å². The number of aromatic nitrogens is 1. The highest BCUT2D eigenvalue weighted by Gasteiger charge is 2.57. The van der Waals surface area contributed by atoms with Gasteiger partial charge < -0.3 is 5.32 Å². The summed E-state index contributed by atoms with van der Waals surface area (Å²) in [5.41, 5.74) is 1.48. The second kappa shape index (κ2) is 5.54. The maximum Gasteiger partial charge on any atom is 0.226 e. The van der Waals surface area contributed by atoms with Crippen LogP contribution in [0.4, 0.5) is 5.13 Å². The molecule has 0 aromatic carbocycles. The molecule has 3 nitrogen and oxygen atoms in total. The van der Waals surface area contributed by atoms with Gasteiger partial charge in [-0.2, -0.15) is 0 Å². The molecular formula is C19H25BrN2OS. The van der Waals surface area contributed by atoms with E-state index in [-0.39, 0.29) is 11.3 Å². The van der Waals surface area contributed by atoms with E-state index in [9.17, 15) is 4.79 Å². The zero-order valence-electron chi connectivity index (χ0n) is 14.1. The van der Waals surface area contributed by atoms with Crippen LogP contribution in [0.1, 0.15) is 68.4 Å². The molecule has 0 aliphatic heterocycles. The second-order valence-corrected chi connectivity index (χ2v) is 11.7. The van der Waals surface area contributed by atoms with E-state index in [0.29, 0.717) is 10.7 Å². The number of fused-ring (bicyclic) bond motifs is 1. The summed E-state index contributed by atoms with van der Waals surface area (Å²) in [6.45, 7) is 0. The molecule has 5 heteroatoms. The van der Waals surface area contributed by atoms with Crippen LogP contribution >= 0.6 is 27.3 Å². The molecule has 4 fully saturated rings. The molecule has 130 valence electrons. The summed E-state index contributed by atoms with van der Waals surface area (Å²) in [5, 5.41) is 3.98. The van der Waals surface area contributed by atoms with Crippen molar-refractivity contribution in [1.82, 2.24) is 4.98 Å². The first-order valence-corrected chi connectivity index (χ1v) is 11.1. The minimum absolute atomic E-state index is 0.194. The molecule has 0 spiro atoms. The molecule has 6 rings (SSSR count). The van der Waals surface area contributed by atoms with Gasteiger partial charge in [0.25, 0.3) is 0 Å². The Bertz CT molecular complexity index is 647. The Morgan fingerprint density at radius 2 is 1.96 bits per heavy atom. The molecule has 4 bridgehead atoms. The Morgan fingerprint density at radius 1 is 1.21 bits per heavy atom. The fourth-order valence-electron chi connectivity index (χ4n) is 6.45. The molecule has 1 aromatic rings. The average molecular weight is 409 g/mol. The zero-order chi connectivity index (χ0) is 16.4. The summed E-state index contributed by atoms with van der Waals surface area (Å²) in [7, 11) is 0. The monoisotopic (exact) mass is 408 g/mol. The van der Waals surface area contributed by atoms with Crippen molar-refractivity contribution >= 4 is 38.3 Å². The van der Waals surface area contributed by atoms with E-state index in [4.69, 9.17) is 0 Å². The lowest BCUT2D eigenvalue weighted by Crippen LogP contribution is -2.53. The number of carbonyl (C=O) groups excluding carboxylic acids is 1. The van der Waals surface area contributed by atoms with Crippen LogP contribution in [0.2, 0.25) is 0 Å². The van der Waals surface area contributed by atoms with Crippen molar-refractivity contribution in [3.63, 3.8) is 0 Å². The smallest absolute Gasteiger partial charge is 0.226 e. The van der Waals surface area contributed by atoms with Crippen LogP contribution in [0.3, 0.4) is 0 Å². The molecule has 4 saturated carbocycles. The Hall–Kier alpha value is -0.420. The first-order chi connectivity index (χ1) is 11.5. The van der Waals surface area contributed by atoms with Crippen LogP contribution in [0.5, 0.6) is 0 Å². The molecule has 24 heavy (non-hydrogen) atoms. The standard InChI is InChI=1S/C19H25BrN2OS/c20-19-8-12-5-13(9-19)7-18(6-12,11-19)10-16(23)22-17-21-14-3-1-2-4-15(14)24-17/h12-13H,1-11H2,(H,21,22,23). The maximum atomic E-state index is 12.8. The number of hydrogen-bond donors (Lipinski definition) is 1. The number of anilines is 1. The van der Waals surface area contributed by atoms with Gasteiger partial charge in [-0.3, -0.25) is 4.79 Å². The zero-order valence-corrected chi connectivity index (χ0v) is 16.5. The highest BCUT2D eigenvalue weighted by atomic mass is 79.9. The predicted octanol–water partition coefficient (Wildman–Crippen LogP) is 5.08. The summed E-state index contributed by atoms with van der Waals surface area (Å²) in [6.07, 6.45) is 13.2. The Morgan fingerprint density at radius 3 is 2.67 bits per heavy atom. The van der Waals surface area contributed by atoms with Crippen molar-refractivity contribution in [2.24, 2.45) is 17.3 Å². The lowest BCUT2D eigenvalue weighted by molar-refractivity contribution is -0.123. The third-order valence-electron chi connectivity index (χ3n) is 6.74. The summed E-state index contributed by atoms with van der Waals surface area (Å²) in [5.74, 6) is 1.87. The summed E-state index contributed by atoms with van der Waals surface area (Å²) in [6, 6.07) is 0. The van der Waals surface area contributed by atoms with Crippen molar-refractivity contribution in [3.05, 3.63) is 10.6 Å². The molecule has 1 amide bonds. The van der Waals surface area contributed by atoms with Crippen LogP contribution in [0.15, 0.2) is 0 Å². The SMILES string of the molecule is O=C(CC12CC3CC(CC(Br)(C3)C1)C2)Nc1nc2c(s1)CCCC2. The van der Waals surface area contributed by atoms with E-state index in [1.165, 1.54) is 61.9 Å². The van der Waals surface area contributed by atoms with Gasteiger partial charge in [-0.05, 0) is 81.5 Å². The third kappa shape index (κ3) is 2.76. The summed E-state index contributed by atoms with van der Waals surface area (Å²) in [4.78, 5) is 18.8. The highest BCUT2D eigenvalue weighted by Crippen LogP contribution is 2.65. The molecule has 1 heterocycles. The van der Waals surface area contributed by atoms with Crippen LogP contribution in [-0.4, -0.2) is 15.2 Å². The van der Waals surface area contributed by atoms with Gasteiger partial charge in [-0.25, -0.2) is 4.98 Å². The number of halogens is 1. The fourth-order valence-corrected chi connectivity index (χ4v) is 9.03. The predicted molar refractivity (Wildman–Crippen MR) is 101 cm³/mol. The molecule has 5 aliphatic rings. The molecule has 0 saturated heterocycles. The van der Waals surface area contributed by atoms with E-state index in [0.717, 1.165) is 29.8 Å². The van der Waals surface area contributed by atoms with E-state index >= 15 is 0 Å². The maximum absolute atomic E-state index is 12.8. The van der Waals surface area contributed by atoms with Crippen molar-refractivity contribution in [2.45, 2.75) is 75.0 Å². The van der Waals surface area contributed by atoms with Gasteiger partial charge in [-0.1, -0.05) is 15.9 Å². The highest BCUT2D eigenvalue weighted by molar-refractivity contribution is 9.10. The van der Waals surface area contributed by atoms with E-state index < -0.39 is 0 Å². The second-order valence-electron chi connectivity index (χ2n) is 8.93. The minimum Gasteiger partial charge on any atom is -0.302 e. The Labute approximate surface area is 156 Å². The quantitative estimate of drug-likeness (QED) is 0.707. The van der Waals surface area contributed by atoms with Crippen LogP contribution in [0, 0.1) is 17.3 Å². The molecular weight excluding hydrogens is 384 g/mol. The average Bonchev–Trinajstić information content (AvgIpc) is 2.85. The van der Waals surface area contributed by atoms with Crippen molar-refractivity contribution < 1.29 is 4.79 Å². The number of carbonyl (C=O) groups is 1. The molecule has 0 radical (unpaired) electrons. The number of nitrogens with zero attached hydrogens (tertiary/aromatic N) is 1. The normalized spacial score (nSPS) is 39.7. The van der Waals surface area contributed by atoms with Gasteiger partial charge in [0.05, 0.1) is 5.69 Å². The number of hydrogen-bond acceptors (Lipinski definition) is 3. The molecule has 2 atom stereocenters. The van der Waals surface area contributed by atoms with Gasteiger partial charge in [-0.15, -0.1) is 11.3 Å². The van der Waals surface area contributed by atoms with Gasteiger partial charge in [0, 0.05) is 15.6 Å². The third-order valence-corrected chi connectivity index (χ3v) is 8.74. The van der Waals surface area contributed by atoms with Crippen LogP contribution in [0.25, 0.3) is 0 Å². The molecule has 1 N–H and O–H groups in total. The lowest BCUT2D eigenvalue weighted by Gasteiger charge is -2.60. The van der Waals surface area contributed by atoms with Crippen molar-refractivity contribution in [1.29, 1.82) is 0 Å². The molecule has 5 aliphatic carbocycles. The summed E-state index contributed by atoms with van der Waals surface area (Å²) >= 11 is 5.75. The van der Waals surface area contributed by atoms with Gasteiger partial charge >= 0.3 is 0 Å². The topological polar surface area (TPSA) is 42.0 Å². The summed E-state index contributed by atoms with van der Waals surface area (Å²) < 4.78 is 0.331. The van der Waals surface area contributed by atoms with Gasteiger partial charge in [0.1, 0.15) is 0 Å². The Balaban J connectivity index is 1.29. The molecule has 1 aromatic heterocycles. The Kier molecular flexibility index (Phi) is 3.65. The van der Waals surface area contributed by atoms with E-state index in [1.807, 2.05) is 0 Å². The number of alkyl halides is 1. The minimum atomic E-state index is 0.194. The first-order valence-electron chi connectivity index (χ1n) is 9.48. The fraction of sp³-hybridized carbons (Fsp3) is 0.789. The van der Waals surface area contributed by atoms with Crippen molar-refractivity contribution in [2.75, 3.05) is 5.32 Å². The number of nitrogens with one attached hydrogen (secondary N) is 1. The van der Waals surface area contributed by atoms with E-state index in [1.54, 1.807) is 11.3 Å². The van der Waals surface area contributed by atoms with Gasteiger partial charge in [0.15, 0.2) is 5.13 Å². The lowest BCUT2D eigenvalue weighted by atomic mass is 9.48. The molecule has 2 unspecified atom stereocenters. The number of aryl methyl sites for hydroxylation is 2. The van der Waals surface area contributed by atoms with Gasteiger partial charge in [0.2, 0.25) is 5.91 Å². The largest absolute Gasteiger partial charge is 0.302 e. The van der Waals surface area contributed by atoms with Crippen LogP contribution in [-0.2, 0) is 17.6 Å². The first kappa shape index (κ1) is 15.8. The van der Waals surface area contributed by atoms with Crippen LogP contribution < -0.4 is 5.32 Å². The number of rotatable bonds is 3. The number of amides is 1.